The normalized spacial score (nSPS) is 11.6. The van der Waals surface area contributed by atoms with Crippen LogP contribution in [0.4, 0.5) is 5.69 Å². The maximum atomic E-state index is 13.3. The monoisotopic (exact) mass is 525 g/mol. The first-order valence-corrected chi connectivity index (χ1v) is 13.2. The lowest BCUT2D eigenvalue weighted by Crippen LogP contribution is -2.19. The number of halogens is 1. The molecule has 0 fully saturated rings. The lowest BCUT2D eigenvalue weighted by Gasteiger charge is -2.26. The highest BCUT2D eigenvalue weighted by Crippen LogP contribution is 2.35. The zero-order valence-electron chi connectivity index (χ0n) is 21.3. The SMILES string of the molecule is C=CN(Cc1ccnc(OC)c1)C(=C)c1c(NS(=O)(=O)c2ccc(C(C)(C)C)cc2)ccc(Cl)c1C. The number of hydrogen-bond donors (Lipinski definition) is 1. The van der Waals surface area contributed by atoms with E-state index in [0.29, 0.717) is 40.0 Å². The van der Waals surface area contributed by atoms with Crippen LogP contribution in [0.5, 0.6) is 5.88 Å². The molecular weight excluding hydrogens is 494 g/mol. The molecule has 0 spiro atoms. The van der Waals surface area contributed by atoms with E-state index in [1.165, 1.54) is 0 Å². The van der Waals surface area contributed by atoms with Crippen molar-refractivity contribution in [3.05, 3.63) is 101 Å². The standard InChI is InChI=1S/C28H32ClN3O3S/c1-8-32(18-21-15-16-30-26(17-21)35-7)20(3)27-19(2)24(29)13-14-25(27)31-36(33,34)23-11-9-22(10-12-23)28(4,5)6/h8-17,31H,1,3,18H2,2,4-7H3. The lowest BCUT2D eigenvalue weighted by molar-refractivity contribution is 0.396. The molecule has 2 aromatic carbocycles. The van der Waals surface area contributed by atoms with Gasteiger partial charge >= 0.3 is 0 Å². The van der Waals surface area contributed by atoms with Gasteiger partial charge in [0, 0.05) is 35.1 Å². The van der Waals surface area contributed by atoms with E-state index >= 15 is 0 Å². The van der Waals surface area contributed by atoms with Crippen LogP contribution >= 0.6 is 11.6 Å². The number of anilines is 1. The number of ether oxygens (including phenoxy) is 1. The highest BCUT2D eigenvalue weighted by atomic mass is 35.5. The number of pyridine rings is 1. The second kappa shape index (κ2) is 10.8. The Balaban J connectivity index is 1.97. The van der Waals surface area contributed by atoms with E-state index in [9.17, 15) is 8.42 Å². The van der Waals surface area contributed by atoms with Gasteiger partial charge in [0.1, 0.15) is 0 Å². The Hall–Kier alpha value is -3.29. The summed E-state index contributed by atoms with van der Waals surface area (Å²) in [5.41, 5.74) is 4.08. The average Bonchev–Trinajstić information content (AvgIpc) is 2.84. The smallest absolute Gasteiger partial charge is 0.261 e. The van der Waals surface area contributed by atoms with Crippen LogP contribution in [0.15, 0.2) is 79.0 Å². The minimum Gasteiger partial charge on any atom is -0.481 e. The number of sulfonamides is 1. The minimum absolute atomic E-state index is 0.0824. The van der Waals surface area contributed by atoms with Crippen molar-refractivity contribution in [3.63, 3.8) is 0 Å². The fraction of sp³-hybridized carbons (Fsp3) is 0.250. The molecule has 1 N–H and O–H groups in total. The van der Waals surface area contributed by atoms with Gasteiger partial charge in [0.2, 0.25) is 5.88 Å². The molecule has 3 aromatic rings. The Bertz CT molecular complexity index is 1380. The van der Waals surface area contributed by atoms with Crippen LogP contribution in [0.3, 0.4) is 0 Å². The molecule has 0 aliphatic carbocycles. The summed E-state index contributed by atoms with van der Waals surface area (Å²) >= 11 is 6.44. The molecule has 36 heavy (non-hydrogen) atoms. The minimum atomic E-state index is -3.86. The molecule has 3 rings (SSSR count). The van der Waals surface area contributed by atoms with Gasteiger partial charge in [-0.3, -0.25) is 4.72 Å². The van der Waals surface area contributed by atoms with Crippen LogP contribution in [-0.4, -0.2) is 25.4 Å². The second-order valence-electron chi connectivity index (χ2n) is 9.44. The summed E-state index contributed by atoms with van der Waals surface area (Å²) in [5, 5.41) is 0.498. The average molecular weight is 526 g/mol. The second-order valence-corrected chi connectivity index (χ2v) is 11.5. The van der Waals surface area contributed by atoms with Crippen LogP contribution in [0.25, 0.3) is 5.70 Å². The van der Waals surface area contributed by atoms with E-state index in [4.69, 9.17) is 16.3 Å². The maximum absolute atomic E-state index is 13.3. The zero-order chi connectivity index (χ0) is 26.7. The van der Waals surface area contributed by atoms with Gasteiger partial charge in [0.15, 0.2) is 0 Å². The third-order valence-electron chi connectivity index (χ3n) is 5.89. The van der Waals surface area contributed by atoms with Crippen molar-refractivity contribution in [3.8, 4) is 5.88 Å². The third-order valence-corrected chi connectivity index (χ3v) is 7.68. The molecule has 0 bridgehead atoms. The molecule has 1 heterocycles. The Labute approximate surface area is 219 Å². The first-order valence-electron chi connectivity index (χ1n) is 11.4. The van der Waals surface area contributed by atoms with Crippen LogP contribution < -0.4 is 9.46 Å². The molecule has 8 heteroatoms. The maximum Gasteiger partial charge on any atom is 0.261 e. The van der Waals surface area contributed by atoms with Gasteiger partial charge in [0.25, 0.3) is 10.0 Å². The predicted octanol–water partition coefficient (Wildman–Crippen LogP) is 6.77. The van der Waals surface area contributed by atoms with Gasteiger partial charge in [-0.2, -0.15) is 0 Å². The molecule has 0 saturated heterocycles. The molecule has 1 aromatic heterocycles. The Kier molecular flexibility index (Phi) is 8.16. The molecule has 0 radical (unpaired) electrons. The van der Waals surface area contributed by atoms with E-state index in [1.54, 1.807) is 43.8 Å². The van der Waals surface area contributed by atoms with Crippen molar-refractivity contribution >= 4 is 33.0 Å². The van der Waals surface area contributed by atoms with E-state index in [2.05, 4.69) is 43.6 Å². The van der Waals surface area contributed by atoms with E-state index in [-0.39, 0.29) is 10.3 Å². The topological polar surface area (TPSA) is 71.5 Å². The van der Waals surface area contributed by atoms with Crippen molar-refractivity contribution in [2.45, 2.75) is 44.6 Å². The van der Waals surface area contributed by atoms with Crippen molar-refractivity contribution in [2.75, 3.05) is 11.8 Å². The lowest BCUT2D eigenvalue weighted by atomic mass is 9.87. The summed E-state index contributed by atoms with van der Waals surface area (Å²) < 4.78 is 34.6. The summed E-state index contributed by atoms with van der Waals surface area (Å²) in [6, 6.07) is 13.9. The molecule has 190 valence electrons. The summed E-state index contributed by atoms with van der Waals surface area (Å²) in [6.07, 6.45) is 3.30. The number of nitrogens with one attached hydrogen (secondary N) is 1. The Morgan fingerprint density at radius 2 is 1.83 bits per heavy atom. The van der Waals surface area contributed by atoms with Gasteiger partial charge in [-0.05, 0) is 65.6 Å². The molecular formula is C28H32ClN3O3S. The molecule has 0 unspecified atom stereocenters. The van der Waals surface area contributed by atoms with Gasteiger partial charge in [0.05, 0.1) is 17.7 Å². The van der Waals surface area contributed by atoms with E-state index < -0.39 is 10.0 Å². The number of hydrogen-bond acceptors (Lipinski definition) is 5. The van der Waals surface area contributed by atoms with Crippen LogP contribution in [0.2, 0.25) is 5.02 Å². The number of methoxy groups -OCH3 is 1. The van der Waals surface area contributed by atoms with Gasteiger partial charge in [-0.15, -0.1) is 0 Å². The zero-order valence-corrected chi connectivity index (χ0v) is 22.9. The summed E-state index contributed by atoms with van der Waals surface area (Å²) in [7, 11) is -2.31. The summed E-state index contributed by atoms with van der Waals surface area (Å²) in [6.45, 7) is 16.7. The highest BCUT2D eigenvalue weighted by molar-refractivity contribution is 7.92. The Morgan fingerprint density at radius 1 is 1.17 bits per heavy atom. The highest BCUT2D eigenvalue weighted by Gasteiger charge is 2.22. The van der Waals surface area contributed by atoms with Gasteiger partial charge in [-0.1, -0.05) is 57.7 Å². The van der Waals surface area contributed by atoms with Crippen LogP contribution in [-0.2, 0) is 22.0 Å². The van der Waals surface area contributed by atoms with Crippen molar-refractivity contribution in [1.29, 1.82) is 0 Å². The number of aromatic nitrogens is 1. The van der Waals surface area contributed by atoms with Gasteiger partial charge < -0.3 is 9.64 Å². The first kappa shape index (κ1) is 27.3. The van der Waals surface area contributed by atoms with Crippen LogP contribution in [0, 0.1) is 6.92 Å². The summed E-state index contributed by atoms with van der Waals surface area (Å²) in [5.74, 6) is 0.493. The quantitative estimate of drug-likeness (QED) is 0.334. The molecule has 6 nitrogen and oxygen atoms in total. The predicted molar refractivity (Wildman–Crippen MR) is 148 cm³/mol. The first-order chi connectivity index (χ1) is 16.9. The fourth-order valence-corrected chi connectivity index (χ4v) is 4.98. The molecule has 0 aliphatic heterocycles. The molecule has 0 saturated carbocycles. The third kappa shape index (κ3) is 6.09. The van der Waals surface area contributed by atoms with Gasteiger partial charge in [-0.25, -0.2) is 13.4 Å². The Morgan fingerprint density at radius 3 is 2.42 bits per heavy atom. The van der Waals surface area contributed by atoms with E-state index in [1.807, 2.05) is 36.1 Å². The van der Waals surface area contributed by atoms with Crippen molar-refractivity contribution < 1.29 is 13.2 Å². The largest absolute Gasteiger partial charge is 0.481 e. The number of benzene rings is 2. The van der Waals surface area contributed by atoms with Crippen LogP contribution in [0.1, 0.15) is 43.0 Å². The molecule has 0 amide bonds. The van der Waals surface area contributed by atoms with Crippen molar-refractivity contribution in [2.24, 2.45) is 0 Å². The molecule has 0 aliphatic rings. The molecule has 0 atom stereocenters. The number of nitrogens with zero attached hydrogens (tertiary/aromatic N) is 2. The van der Waals surface area contributed by atoms with Crippen molar-refractivity contribution in [1.82, 2.24) is 9.88 Å². The fourth-order valence-electron chi connectivity index (χ4n) is 3.75. The van der Waals surface area contributed by atoms with E-state index in [0.717, 1.165) is 11.1 Å². The summed E-state index contributed by atoms with van der Waals surface area (Å²) in [4.78, 5) is 6.13. The number of rotatable bonds is 9.